The molecule has 0 bridgehead atoms. The van der Waals surface area contributed by atoms with Gasteiger partial charge in [-0.05, 0) is 29.8 Å². The number of carbonyl (C=O) groups excluding carboxylic acids is 1. The molecule has 0 saturated carbocycles. The molecule has 2 rings (SSSR count). The average Bonchev–Trinajstić information content (AvgIpc) is 2.49. The van der Waals surface area contributed by atoms with E-state index in [1.807, 2.05) is 54.6 Å². The molecular weight excluding hydrogens is 304 g/mol. The second-order valence-corrected chi connectivity index (χ2v) is 6.11. The van der Waals surface area contributed by atoms with Gasteiger partial charge in [-0.1, -0.05) is 41.9 Å². The van der Waals surface area contributed by atoms with Crippen LogP contribution in [0.25, 0.3) is 0 Å². The molecule has 0 aliphatic heterocycles. The molecule has 0 heterocycles. The van der Waals surface area contributed by atoms with Crippen LogP contribution in [0.3, 0.4) is 0 Å². The SMILES string of the molecule is NC(=O)[C@H](NCCSc1ccc(Cl)cc1)c1ccccc1. The lowest BCUT2D eigenvalue weighted by Gasteiger charge is -2.15. The molecule has 110 valence electrons. The molecule has 3 nitrogen and oxygen atoms in total. The quantitative estimate of drug-likeness (QED) is 0.608. The molecule has 0 unspecified atom stereocenters. The molecule has 3 N–H and O–H groups in total. The smallest absolute Gasteiger partial charge is 0.239 e. The molecular formula is C16H17ClN2OS. The first kappa shape index (κ1) is 15.9. The van der Waals surface area contributed by atoms with Gasteiger partial charge in [-0.2, -0.15) is 0 Å². The minimum Gasteiger partial charge on any atom is -0.368 e. The predicted octanol–water partition coefficient (Wildman–Crippen LogP) is 3.25. The largest absolute Gasteiger partial charge is 0.368 e. The molecule has 0 aromatic heterocycles. The van der Waals surface area contributed by atoms with E-state index in [1.165, 1.54) is 0 Å². The molecule has 2 aromatic rings. The summed E-state index contributed by atoms with van der Waals surface area (Å²) in [7, 11) is 0. The van der Waals surface area contributed by atoms with Crippen LogP contribution in [0.1, 0.15) is 11.6 Å². The number of rotatable bonds is 7. The Morgan fingerprint density at radius 2 is 1.81 bits per heavy atom. The van der Waals surface area contributed by atoms with E-state index in [0.717, 1.165) is 21.2 Å². The summed E-state index contributed by atoms with van der Waals surface area (Å²) in [6.07, 6.45) is 0. The number of hydrogen-bond donors (Lipinski definition) is 2. The highest BCUT2D eigenvalue weighted by Crippen LogP contribution is 2.20. The number of primary amides is 1. The third-order valence-corrected chi connectivity index (χ3v) is 4.22. The van der Waals surface area contributed by atoms with E-state index in [-0.39, 0.29) is 5.91 Å². The van der Waals surface area contributed by atoms with Gasteiger partial charge in [0.05, 0.1) is 0 Å². The third-order valence-electron chi connectivity index (χ3n) is 2.95. The summed E-state index contributed by atoms with van der Waals surface area (Å²) in [6, 6.07) is 16.8. The van der Waals surface area contributed by atoms with Crippen molar-refractivity contribution in [1.82, 2.24) is 5.32 Å². The standard InChI is InChI=1S/C16H17ClN2OS/c17-13-6-8-14(9-7-13)21-11-10-19-15(16(18)20)12-4-2-1-3-5-12/h1-9,15,19H,10-11H2,(H2,18,20)/t15-/m1/s1. The molecule has 1 atom stereocenters. The van der Waals surface area contributed by atoms with Gasteiger partial charge in [0.1, 0.15) is 6.04 Å². The summed E-state index contributed by atoms with van der Waals surface area (Å²) in [5, 5.41) is 3.93. The average molecular weight is 321 g/mol. The van der Waals surface area contributed by atoms with Crippen LogP contribution in [-0.2, 0) is 4.79 Å². The van der Waals surface area contributed by atoms with Crippen molar-refractivity contribution in [1.29, 1.82) is 0 Å². The Labute approximate surface area is 133 Å². The summed E-state index contributed by atoms with van der Waals surface area (Å²) in [4.78, 5) is 12.7. The zero-order valence-electron chi connectivity index (χ0n) is 11.5. The van der Waals surface area contributed by atoms with Crippen molar-refractivity contribution in [3.8, 4) is 0 Å². The van der Waals surface area contributed by atoms with Crippen LogP contribution in [0.2, 0.25) is 5.02 Å². The lowest BCUT2D eigenvalue weighted by molar-refractivity contribution is -0.120. The first-order valence-corrected chi connectivity index (χ1v) is 7.99. The molecule has 0 aliphatic rings. The number of halogens is 1. The van der Waals surface area contributed by atoms with Crippen LogP contribution in [-0.4, -0.2) is 18.2 Å². The van der Waals surface area contributed by atoms with E-state index in [0.29, 0.717) is 6.54 Å². The van der Waals surface area contributed by atoms with Gasteiger partial charge >= 0.3 is 0 Å². The van der Waals surface area contributed by atoms with Crippen LogP contribution < -0.4 is 11.1 Å². The maximum Gasteiger partial charge on any atom is 0.239 e. The maximum absolute atomic E-state index is 11.5. The highest BCUT2D eigenvalue weighted by atomic mass is 35.5. The Bertz CT molecular complexity index is 575. The zero-order valence-corrected chi connectivity index (χ0v) is 13.0. The molecule has 21 heavy (non-hydrogen) atoms. The highest BCUT2D eigenvalue weighted by molar-refractivity contribution is 7.99. The third kappa shape index (κ3) is 5.08. The predicted molar refractivity (Wildman–Crippen MR) is 88.6 cm³/mol. The van der Waals surface area contributed by atoms with Crippen molar-refractivity contribution in [2.24, 2.45) is 5.73 Å². The van der Waals surface area contributed by atoms with Gasteiger partial charge in [-0.3, -0.25) is 4.79 Å². The zero-order chi connectivity index (χ0) is 15.1. The van der Waals surface area contributed by atoms with Gasteiger partial charge in [0.15, 0.2) is 0 Å². The number of hydrogen-bond acceptors (Lipinski definition) is 3. The number of amides is 1. The Morgan fingerprint density at radius 3 is 2.43 bits per heavy atom. The van der Waals surface area contributed by atoms with E-state index in [9.17, 15) is 4.79 Å². The normalized spacial score (nSPS) is 12.0. The minimum absolute atomic E-state index is 0.363. The first-order chi connectivity index (χ1) is 10.2. The van der Waals surface area contributed by atoms with Crippen LogP contribution in [0.4, 0.5) is 0 Å². The summed E-state index contributed by atoms with van der Waals surface area (Å²) < 4.78 is 0. The van der Waals surface area contributed by atoms with Crippen molar-refractivity contribution in [3.05, 3.63) is 65.2 Å². The molecule has 0 radical (unpaired) electrons. The van der Waals surface area contributed by atoms with Crippen molar-refractivity contribution < 1.29 is 4.79 Å². The second-order valence-electron chi connectivity index (χ2n) is 4.50. The molecule has 1 amide bonds. The monoisotopic (exact) mass is 320 g/mol. The van der Waals surface area contributed by atoms with Crippen LogP contribution in [0.5, 0.6) is 0 Å². The number of benzene rings is 2. The fourth-order valence-corrected chi connectivity index (χ4v) is 2.84. The topological polar surface area (TPSA) is 55.1 Å². The van der Waals surface area contributed by atoms with Crippen molar-refractivity contribution in [3.63, 3.8) is 0 Å². The molecule has 0 fully saturated rings. The van der Waals surface area contributed by atoms with E-state index in [4.69, 9.17) is 17.3 Å². The second kappa shape index (κ2) is 8.08. The van der Waals surface area contributed by atoms with Crippen molar-refractivity contribution in [2.45, 2.75) is 10.9 Å². The Morgan fingerprint density at radius 1 is 1.14 bits per heavy atom. The fraction of sp³-hybridized carbons (Fsp3) is 0.188. The van der Waals surface area contributed by atoms with Crippen LogP contribution in [0, 0.1) is 0 Å². The first-order valence-electron chi connectivity index (χ1n) is 6.63. The van der Waals surface area contributed by atoms with Crippen molar-refractivity contribution >= 4 is 29.3 Å². The highest BCUT2D eigenvalue weighted by Gasteiger charge is 2.16. The lowest BCUT2D eigenvalue weighted by Crippen LogP contribution is -2.34. The van der Waals surface area contributed by atoms with Gasteiger partial charge in [0, 0.05) is 22.2 Å². The molecule has 5 heteroatoms. The van der Waals surface area contributed by atoms with Gasteiger partial charge in [0.25, 0.3) is 0 Å². The summed E-state index contributed by atoms with van der Waals surface area (Å²) in [5.74, 6) is 0.482. The number of nitrogens with one attached hydrogen (secondary N) is 1. The maximum atomic E-state index is 11.5. The molecule has 2 aromatic carbocycles. The van der Waals surface area contributed by atoms with E-state index < -0.39 is 6.04 Å². The molecule has 0 aliphatic carbocycles. The fourth-order valence-electron chi connectivity index (χ4n) is 1.93. The Hall–Kier alpha value is -1.49. The van der Waals surface area contributed by atoms with Crippen LogP contribution >= 0.6 is 23.4 Å². The summed E-state index contributed by atoms with van der Waals surface area (Å²) in [6.45, 7) is 0.690. The minimum atomic E-state index is -0.447. The lowest BCUT2D eigenvalue weighted by atomic mass is 10.1. The van der Waals surface area contributed by atoms with Gasteiger partial charge in [-0.25, -0.2) is 0 Å². The Balaban J connectivity index is 1.83. The van der Waals surface area contributed by atoms with E-state index in [2.05, 4.69) is 5.32 Å². The van der Waals surface area contributed by atoms with E-state index >= 15 is 0 Å². The van der Waals surface area contributed by atoms with Gasteiger partial charge < -0.3 is 11.1 Å². The number of carbonyl (C=O) groups is 1. The van der Waals surface area contributed by atoms with E-state index in [1.54, 1.807) is 11.8 Å². The number of thioether (sulfide) groups is 1. The van der Waals surface area contributed by atoms with Gasteiger partial charge in [-0.15, -0.1) is 11.8 Å². The summed E-state index contributed by atoms with van der Waals surface area (Å²) in [5.41, 5.74) is 6.35. The van der Waals surface area contributed by atoms with Gasteiger partial charge in [0.2, 0.25) is 5.91 Å². The molecule has 0 spiro atoms. The van der Waals surface area contributed by atoms with Crippen molar-refractivity contribution in [2.75, 3.05) is 12.3 Å². The Kier molecular flexibility index (Phi) is 6.11. The molecule has 0 saturated heterocycles. The van der Waals surface area contributed by atoms with Crippen LogP contribution in [0.15, 0.2) is 59.5 Å². The summed E-state index contributed by atoms with van der Waals surface area (Å²) >= 11 is 7.55. The number of nitrogens with two attached hydrogens (primary N) is 1.